The Morgan fingerprint density at radius 3 is 2.52 bits per heavy atom. The minimum absolute atomic E-state index is 0.00282. The fraction of sp³-hybridized carbons (Fsp3) is 0.519. The molecule has 2 aromatic rings. The van der Waals surface area contributed by atoms with Gasteiger partial charge in [0.15, 0.2) is 0 Å². The van der Waals surface area contributed by atoms with Crippen LogP contribution in [-0.4, -0.2) is 49.9 Å². The first-order chi connectivity index (χ1) is 15.9. The molecule has 0 aromatic heterocycles. The zero-order valence-corrected chi connectivity index (χ0v) is 19.8. The Balaban J connectivity index is 1.32. The summed E-state index contributed by atoms with van der Waals surface area (Å²) >= 11 is 0. The van der Waals surface area contributed by atoms with Crippen LogP contribution in [0.4, 0.5) is 4.79 Å². The molecular weight excluding hydrogens is 416 g/mol. The van der Waals surface area contributed by atoms with Crippen molar-refractivity contribution < 1.29 is 19.0 Å². The third kappa shape index (κ3) is 4.54. The van der Waals surface area contributed by atoms with E-state index in [1.807, 2.05) is 19.1 Å². The van der Waals surface area contributed by atoms with Crippen LogP contribution in [0.3, 0.4) is 0 Å². The van der Waals surface area contributed by atoms with Gasteiger partial charge >= 0.3 is 6.09 Å². The number of hydrogen-bond acceptors (Lipinski definition) is 5. The van der Waals surface area contributed by atoms with Crippen molar-refractivity contribution in [3.05, 3.63) is 48.0 Å². The lowest BCUT2D eigenvalue weighted by atomic mass is 9.78. The van der Waals surface area contributed by atoms with E-state index < -0.39 is 0 Å². The van der Waals surface area contributed by atoms with Gasteiger partial charge in [0.05, 0.1) is 19.3 Å². The number of carbonyl (C=O) groups is 1. The number of benzene rings is 2. The van der Waals surface area contributed by atoms with Crippen molar-refractivity contribution in [2.75, 3.05) is 32.8 Å². The Hall–Kier alpha value is -2.73. The van der Waals surface area contributed by atoms with Gasteiger partial charge in [0.2, 0.25) is 0 Å². The van der Waals surface area contributed by atoms with Crippen molar-refractivity contribution in [3.8, 4) is 22.6 Å². The topological polar surface area (TPSA) is 60.0 Å². The first-order valence-corrected chi connectivity index (χ1v) is 12.1. The summed E-state index contributed by atoms with van der Waals surface area (Å²) in [4.78, 5) is 15.3. The van der Waals surface area contributed by atoms with Gasteiger partial charge < -0.3 is 19.5 Å². The summed E-state index contributed by atoms with van der Waals surface area (Å²) in [5.41, 5.74) is 2.92. The molecular formula is C27H34N2O4. The molecule has 0 aliphatic carbocycles. The van der Waals surface area contributed by atoms with E-state index in [0.29, 0.717) is 19.1 Å². The second-order valence-corrected chi connectivity index (χ2v) is 10.1. The average molecular weight is 451 g/mol. The fourth-order valence-corrected chi connectivity index (χ4v) is 5.36. The Morgan fingerprint density at radius 2 is 1.85 bits per heavy atom. The number of ether oxygens (including phenoxy) is 3. The third-order valence-electron chi connectivity index (χ3n) is 7.32. The number of fused-ring (bicyclic) bond motifs is 4. The molecule has 2 aromatic carbocycles. The third-order valence-corrected chi connectivity index (χ3v) is 7.32. The van der Waals surface area contributed by atoms with Crippen LogP contribution < -0.4 is 14.8 Å². The summed E-state index contributed by atoms with van der Waals surface area (Å²) in [6.45, 7) is 10.5. The molecule has 6 nitrogen and oxygen atoms in total. The van der Waals surface area contributed by atoms with Crippen LogP contribution in [0.1, 0.15) is 45.2 Å². The molecule has 6 heteroatoms. The molecule has 4 heterocycles. The van der Waals surface area contributed by atoms with Crippen LogP contribution in [-0.2, 0) is 4.74 Å². The lowest BCUT2D eigenvalue weighted by Crippen LogP contribution is -2.53. The number of piperidine rings is 3. The van der Waals surface area contributed by atoms with Crippen LogP contribution in [0, 0.1) is 11.3 Å². The standard InChI is InChI=1S/C27H34N2O4/c1-4-31-21-8-5-18(6-9-21)20-7-10-22-23(15-20)32-17-27(2,3)25(22)28-26(30)33-24-16-29-13-11-19(24)12-14-29/h5-10,15,19,24-25H,4,11-14,16-17H2,1-3H3,(H,28,30)/t24-,25?/m1/s1. The molecule has 1 N–H and O–H groups in total. The van der Waals surface area contributed by atoms with E-state index in [2.05, 4.69) is 54.4 Å². The average Bonchev–Trinajstić information content (AvgIpc) is 2.82. The summed E-state index contributed by atoms with van der Waals surface area (Å²) in [5.74, 6) is 2.17. The number of nitrogens with zero attached hydrogens (tertiary/aromatic N) is 1. The SMILES string of the molecule is CCOc1ccc(-c2ccc3c(c2)OCC(C)(C)C3NC(=O)O[C@@H]2CN3CCC2CC3)cc1. The van der Waals surface area contributed by atoms with E-state index in [4.69, 9.17) is 14.2 Å². The molecule has 0 radical (unpaired) electrons. The quantitative estimate of drug-likeness (QED) is 0.692. The van der Waals surface area contributed by atoms with Crippen molar-refractivity contribution in [1.29, 1.82) is 0 Å². The number of amides is 1. The van der Waals surface area contributed by atoms with Crippen LogP contribution >= 0.6 is 0 Å². The lowest BCUT2D eigenvalue weighted by Gasteiger charge is -2.44. The van der Waals surface area contributed by atoms with Gasteiger partial charge in [-0.3, -0.25) is 4.90 Å². The van der Waals surface area contributed by atoms with Crippen LogP contribution in [0.15, 0.2) is 42.5 Å². The van der Waals surface area contributed by atoms with E-state index >= 15 is 0 Å². The van der Waals surface area contributed by atoms with Gasteiger partial charge in [-0.1, -0.05) is 38.1 Å². The van der Waals surface area contributed by atoms with Gasteiger partial charge in [-0.15, -0.1) is 0 Å². The molecule has 176 valence electrons. The molecule has 1 amide bonds. The fourth-order valence-electron chi connectivity index (χ4n) is 5.36. The van der Waals surface area contributed by atoms with E-state index in [9.17, 15) is 4.79 Å². The molecule has 4 aliphatic rings. The Kier molecular flexibility index (Phi) is 5.95. The Morgan fingerprint density at radius 1 is 1.12 bits per heavy atom. The predicted octanol–water partition coefficient (Wildman–Crippen LogP) is 5.03. The van der Waals surface area contributed by atoms with Crippen LogP contribution in [0.5, 0.6) is 11.5 Å². The van der Waals surface area contributed by atoms with E-state index in [1.165, 1.54) is 0 Å². The molecule has 3 saturated heterocycles. The van der Waals surface area contributed by atoms with Gasteiger partial charge in [-0.25, -0.2) is 4.79 Å². The largest absolute Gasteiger partial charge is 0.494 e. The van der Waals surface area contributed by atoms with Gasteiger partial charge in [-0.2, -0.15) is 0 Å². The van der Waals surface area contributed by atoms with Crippen LogP contribution in [0.2, 0.25) is 0 Å². The first-order valence-electron chi connectivity index (χ1n) is 12.1. The van der Waals surface area contributed by atoms with Crippen molar-refractivity contribution in [2.24, 2.45) is 11.3 Å². The maximum absolute atomic E-state index is 12.9. The molecule has 1 unspecified atom stereocenters. The second-order valence-electron chi connectivity index (χ2n) is 10.1. The normalized spacial score (nSPS) is 27.2. The maximum atomic E-state index is 12.9. The Bertz CT molecular complexity index is 996. The minimum Gasteiger partial charge on any atom is -0.494 e. The van der Waals surface area contributed by atoms with Crippen molar-refractivity contribution >= 4 is 6.09 Å². The summed E-state index contributed by atoms with van der Waals surface area (Å²) in [5, 5.41) is 3.18. The highest BCUT2D eigenvalue weighted by molar-refractivity contribution is 5.70. The minimum atomic E-state index is -0.324. The molecule has 4 aliphatic heterocycles. The van der Waals surface area contributed by atoms with Gasteiger partial charge in [0.1, 0.15) is 17.6 Å². The summed E-state index contributed by atoms with van der Waals surface area (Å²) in [6, 6.07) is 14.1. The highest BCUT2D eigenvalue weighted by Crippen LogP contribution is 2.44. The second kappa shape index (κ2) is 8.90. The molecule has 0 saturated carbocycles. The van der Waals surface area contributed by atoms with E-state index in [0.717, 1.165) is 60.7 Å². The number of alkyl carbamates (subject to hydrolysis) is 1. The molecule has 3 fully saturated rings. The zero-order chi connectivity index (χ0) is 23.0. The van der Waals surface area contributed by atoms with Gasteiger partial charge in [0, 0.05) is 17.5 Å². The monoisotopic (exact) mass is 450 g/mol. The molecule has 33 heavy (non-hydrogen) atoms. The predicted molar refractivity (Wildman–Crippen MR) is 128 cm³/mol. The lowest BCUT2D eigenvalue weighted by molar-refractivity contribution is -0.0361. The molecule has 0 spiro atoms. The number of carbonyl (C=O) groups excluding carboxylic acids is 1. The Labute approximate surface area is 196 Å². The highest BCUT2D eigenvalue weighted by atomic mass is 16.6. The zero-order valence-electron chi connectivity index (χ0n) is 19.8. The molecule has 2 bridgehead atoms. The van der Waals surface area contributed by atoms with Gasteiger partial charge in [-0.05, 0) is 68.1 Å². The van der Waals surface area contributed by atoms with Gasteiger partial charge in [0.25, 0.3) is 0 Å². The van der Waals surface area contributed by atoms with Crippen molar-refractivity contribution in [1.82, 2.24) is 10.2 Å². The van der Waals surface area contributed by atoms with Crippen molar-refractivity contribution in [3.63, 3.8) is 0 Å². The molecule has 6 rings (SSSR count). The summed E-state index contributed by atoms with van der Waals surface area (Å²) < 4.78 is 17.6. The number of nitrogens with one attached hydrogen (secondary N) is 1. The van der Waals surface area contributed by atoms with E-state index in [-0.39, 0.29) is 23.7 Å². The van der Waals surface area contributed by atoms with Crippen LogP contribution in [0.25, 0.3) is 11.1 Å². The number of hydrogen-bond donors (Lipinski definition) is 1. The smallest absolute Gasteiger partial charge is 0.407 e. The van der Waals surface area contributed by atoms with Crippen molar-refractivity contribution in [2.45, 2.75) is 45.8 Å². The highest BCUT2D eigenvalue weighted by Gasteiger charge is 2.41. The summed E-state index contributed by atoms with van der Waals surface area (Å²) in [7, 11) is 0. The summed E-state index contributed by atoms with van der Waals surface area (Å²) in [6.07, 6.45) is 1.92. The van der Waals surface area contributed by atoms with E-state index in [1.54, 1.807) is 0 Å². The first kappa shape index (κ1) is 22.1. The molecule has 2 atom stereocenters. The number of rotatable bonds is 5. The maximum Gasteiger partial charge on any atom is 0.407 e.